The standard InChI is InChI=1S/C35H29F3N6/c1-21(2)23-16-18-24(19-17-23)31-30-22(3)42-44(27-12-5-4-6-13-27)33(30)41-34-32(40-28-14-7-8-15-29(28)43(31)34)39-26-11-9-10-25(20-26)35(36,37)38/h4-21,31H,1-3H3,(H,39,40)/t31-/m0/s1. The fourth-order valence-electron chi connectivity index (χ4n) is 5.84. The van der Waals surface area contributed by atoms with Crippen LogP contribution in [-0.2, 0) is 6.18 Å². The second-order valence-electron chi connectivity index (χ2n) is 11.3. The van der Waals surface area contributed by atoms with Gasteiger partial charge in [0.1, 0.15) is 0 Å². The highest BCUT2D eigenvalue weighted by atomic mass is 19.4. The predicted octanol–water partition coefficient (Wildman–Crippen LogP) is 9.12. The number of hydrogen-bond acceptors (Lipinski definition) is 5. The molecule has 0 amide bonds. The monoisotopic (exact) mass is 590 g/mol. The number of amidine groups is 2. The van der Waals surface area contributed by atoms with Gasteiger partial charge in [-0.3, -0.25) is 0 Å². The molecule has 0 aliphatic carbocycles. The Morgan fingerprint density at radius 2 is 1.55 bits per heavy atom. The Kier molecular flexibility index (Phi) is 6.61. The van der Waals surface area contributed by atoms with Crippen LogP contribution in [0.5, 0.6) is 0 Å². The molecular weight excluding hydrogens is 561 g/mol. The lowest BCUT2D eigenvalue weighted by molar-refractivity contribution is -0.137. The van der Waals surface area contributed by atoms with Crippen LogP contribution in [0.4, 0.5) is 36.1 Å². The van der Waals surface area contributed by atoms with E-state index in [0.717, 1.165) is 40.3 Å². The minimum Gasteiger partial charge on any atom is -0.337 e. The summed E-state index contributed by atoms with van der Waals surface area (Å²) in [7, 11) is 0. The van der Waals surface area contributed by atoms with Crippen molar-refractivity contribution < 1.29 is 13.2 Å². The summed E-state index contributed by atoms with van der Waals surface area (Å²) in [4.78, 5) is 12.2. The van der Waals surface area contributed by atoms with Crippen LogP contribution in [0, 0.1) is 6.92 Å². The molecule has 0 spiro atoms. The van der Waals surface area contributed by atoms with Crippen LogP contribution >= 0.6 is 0 Å². The molecule has 220 valence electrons. The van der Waals surface area contributed by atoms with Crippen LogP contribution in [0.25, 0.3) is 5.69 Å². The lowest BCUT2D eigenvalue weighted by Gasteiger charge is -2.40. The van der Waals surface area contributed by atoms with Crippen molar-refractivity contribution in [1.82, 2.24) is 9.78 Å². The van der Waals surface area contributed by atoms with E-state index in [1.807, 2.05) is 66.2 Å². The summed E-state index contributed by atoms with van der Waals surface area (Å²) >= 11 is 0. The molecule has 6 nitrogen and oxygen atoms in total. The zero-order valence-electron chi connectivity index (χ0n) is 24.3. The molecule has 9 heteroatoms. The van der Waals surface area contributed by atoms with Crippen molar-refractivity contribution >= 4 is 34.6 Å². The Balaban J connectivity index is 1.46. The summed E-state index contributed by atoms with van der Waals surface area (Å²) in [6.45, 7) is 6.31. The van der Waals surface area contributed by atoms with E-state index in [2.05, 4.69) is 48.3 Å². The highest BCUT2D eigenvalue weighted by Crippen LogP contribution is 2.48. The number of aromatic nitrogens is 2. The van der Waals surface area contributed by atoms with Crippen LogP contribution in [0.15, 0.2) is 113 Å². The number of benzene rings is 4. The first-order valence-corrected chi connectivity index (χ1v) is 14.4. The fourth-order valence-corrected chi connectivity index (χ4v) is 5.84. The number of aliphatic imine (C=N–C) groups is 2. The summed E-state index contributed by atoms with van der Waals surface area (Å²) in [5.74, 6) is 1.85. The summed E-state index contributed by atoms with van der Waals surface area (Å²) in [5, 5.41) is 8.12. The highest BCUT2D eigenvalue weighted by Gasteiger charge is 2.41. The van der Waals surface area contributed by atoms with Gasteiger partial charge in [-0.05, 0) is 66.4 Å². The summed E-state index contributed by atoms with van der Waals surface area (Å²) < 4.78 is 42.6. The molecule has 0 radical (unpaired) electrons. The Morgan fingerprint density at radius 1 is 0.818 bits per heavy atom. The van der Waals surface area contributed by atoms with Crippen molar-refractivity contribution in [3.05, 3.63) is 131 Å². The van der Waals surface area contributed by atoms with Crippen LogP contribution in [0.1, 0.15) is 53.8 Å². The molecule has 44 heavy (non-hydrogen) atoms. The van der Waals surface area contributed by atoms with Crippen molar-refractivity contribution in [3.8, 4) is 5.69 Å². The van der Waals surface area contributed by atoms with Gasteiger partial charge in [-0.1, -0.05) is 74.5 Å². The van der Waals surface area contributed by atoms with Crippen LogP contribution in [0.3, 0.4) is 0 Å². The number of anilines is 2. The summed E-state index contributed by atoms with van der Waals surface area (Å²) in [6.07, 6.45) is -4.48. The number of hydrogen-bond donors (Lipinski definition) is 1. The van der Waals surface area contributed by atoms with Gasteiger partial charge in [0.15, 0.2) is 17.5 Å². The average molecular weight is 591 g/mol. The molecule has 4 aromatic carbocycles. The Bertz CT molecular complexity index is 1920. The van der Waals surface area contributed by atoms with Crippen molar-refractivity contribution in [1.29, 1.82) is 0 Å². The first-order chi connectivity index (χ1) is 21.2. The van der Waals surface area contributed by atoms with Gasteiger partial charge in [0.25, 0.3) is 0 Å². The van der Waals surface area contributed by atoms with Gasteiger partial charge in [0.05, 0.1) is 34.4 Å². The quantitative estimate of drug-likeness (QED) is 0.227. The van der Waals surface area contributed by atoms with E-state index in [0.29, 0.717) is 29.1 Å². The van der Waals surface area contributed by atoms with E-state index in [-0.39, 0.29) is 11.7 Å². The van der Waals surface area contributed by atoms with E-state index >= 15 is 0 Å². The predicted molar refractivity (Wildman–Crippen MR) is 169 cm³/mol. The summed E-state index contributed by atoms with van der Waals surface area (Å²) in [5.41, 5.74) is 5.93. The Hall–Kier alpha value is -5.18. The van der Waals surface area contributed by atoms with Crippen molar-refractivity contribution in [3.63, 3.8) is 0 Å². The van der Waals surface area contributed by atoms with Crippen molar-refractivity contribution in [2.45, 2.75) is 38.9 Å². The van der Waals surface area contributed by atoms with E-state index in [1.54, 1.807) is 6.07 Å². The van der Waals surface area contributed by atoms with Crippen LogP contribution in [0.2, 0.25) is 0 Å². The van der Waals surface area contributed by atoms with Gasteiger partial charge in [-0.25, -0.2) is 14.7 Å². The van der Waals surface area contributed by atoms with E-state index < -0.39 is 11.7 Å². The maximum atomic E-state index is 13.6. The lowest BCUT2D eigenvalue weighted by Crippen LogP contribution is -2.46. The molecule has 1 atom stereocenters. The first-order valence-electron chi connectivity index (χ1n) is 14.4. The summed E-state index contributed by atoms with van der Waals surface area (Å²) in [6, 6.07) is 30.9. The highest BCUT2D eigenvalue weighted by molar-refractivity contribution is 6.51. The fraction of sp³-hybridized carbons (Fsp3) is 0.171. The topological polar surface area (TPSA) is 57.8 Å². The number of rotatable bonds is 4. The molecule has 3 heterocycles. The largest absolute Gasteiger partial charge is 0.416 e. The van der Waals surface area contributed by atoms with Gasteiger partial charge in [0, 0.05) is 11.3 Å². The maximum absolute atomic E-state index is 13.6. The third-order valence-corrected chi connectivity index (χ3v) is 8.01. The number of nitrogens with one attached hydrogen (secondary N) is 1. The number of alkyl halides is 3. The molecule has 2 aliphatic rings. The molecule has 0 saturated carbocycles. The molecule has 2 aliphatic heterocycles. The minimum absolute atomic E-state index is 0.261. The Morgan fingerprint density at radius 3 is 2.27 bits per heavy atom. The van der Waals surface area contributed by atoms with Crippen LogP contribution in [-0.4, -0.2) is 21.5 Å². The van der Waals surface area contributed by atoms with E-state index in [1.165, 1.54) is 11.6 Å². The molecule has 1 aromatic heterocycles. The molecule has 7 rings (SSSR count). The molecule has 0 saturated heterocycles. The van der Waals surface area contributed by atoms with E-state index in [9.17, 15) is 13.2 Å². The van der Waals surface area contributed by atoms with Gasteiger partial charge in [-0.15, -0.1) is 0 Å². The molecule has 1 N–H and O–H groups in total. The number of para-hydroxylation sites is 3. The normalized spacial score (nSPS) is 15.7. The SMILES string of the molecule is Cc1nn(-c2ccccc2)c2c1[C@H](c1ccc(C(C)C)cc1)N1C(=N2)C(Nc2cccc(C(F)(F)F)c2)=Nc2ccccc21. The number of aryl methyl sites for hydroxylation is 1. The van der Waals surface area contributed by atoms with Gasteiger partial charge in [-0.2, -0.15) is 18.3 Å². The second kappa shape index (κ2) is 10.5. The van der Waals surface area contributed by atoms with E-state index in [4.69, 9.17) is 15.1 Å². The third-order valence-electron chi connectivity index (χ3n) is 8.01. The molecule has 5 aromatic rings. The van der Waals surface area contributed by atoms with Crippen LogP contribution < -0.4 is 10.2 Å². The molecule has 0 fully saturated rings. The Labute approximate surface area is 253 Å². The second-order valence-corrected chi connectivity index (χ2v) is 11.3. The zero-order valence-corrected chi connectivity index (χ0v) is 24.3. The minimum atomic E-state index is -4.48. The van der Waals surface area contributed by atoms with Gasteiger partial charge < -0.3 is 10.2 Å². The molecule has 0 bridgehead atoms. The molecular formula is C35H29F3N6. The smallest absolute Gasteiger partial charge is 0.337 e. The van der Waals surface area contributed by atoms with Crippen molar-refractivity contribution in [2.75, 3.05) is 10.2 Å². The zero-order chi connectivity index (χ0) is 30.6. The third kappa shape index (κ3) is 4.74. The van der Waals surface area contributed by atoms with Gasteiger partial charge >= 0.3 is 6.18 Å². The lowest BCUT2D eigenvalue weighted by atomic mass is 9.91. The van der Waals surface area contributed by atoms with Crippen molar-refractivity contribution in [2.24, 2.45) is 9.98 Å². The maximum Gasteiger partial charge on any atom is 0.416 e. The van der Waals surface area contributed by atoms with Gasteiger partial charge in [0.2, 0.25) is 0 Å². The average Bonchev–Trinajstić information content (AvgIpc) is 3.36. The number of nitrogens with zero attached hydrogens (tertiary/aromatic N) is 5. The number of halogens is 3. The first kappa shape index (κ1) is 27.6. The number of fused-ring (bicyclic) bond motifs is 4. The molecule has 0 unspecified atom stereocenters.